The van der Waals surface area contributed by atoms with Crippen molar-refractivity contribution in [2.45, 2.75) is 38.3 Å². The molecular formula is C19H20ClN3OS. The maximum atomic E-state index is 12.9. The quantitative estimate of drug-likeness (QED) is 0.864. The van der Waals surface area contributed by atoms with Crippen LogP contribution in [0.2, 0.25) is 5.02 Å². The minimum Gasteiger partial charge on any atom is -0.346 e. The van der Waals surface area contributed by atoms with Crippen LogP contribution in [0.5, 0.6) is 0 Å². The van der Waals surface area contributed by atoms with Gasteiger partial charge in [0, 0.05) is 11.6 Å². The molecule has 0 aliphatic carbocycles. The van der Waals surface area contributed by atoms with Gasteiger partial charge in [0.2, 0.25) is 0 Å². The first kappa shape index (κ1) is 16.8. The third-order valence-electron chi connectivity index (χ3n) is 5.85. The number of fused-ring (bicyclic) bond motifs is 4. The highest BCUT2D eigenvalue weighted by atomic mass is 35.5. The van der Waals surface area contributed by atoms with Crippen LogP contribution in [0.1, 0.15) is 41.9 Å². The fourth-order valence-corrected chi connectivity index (χ4v) is 5.70. The molecule has 1 aromatic heterocycles. The summed E-state index contributed by atoms with van der Waals surface area (Å²) in [5.41, 5.74) is 0.431. The summed E-state index contributed by atoms with van der Waals surface area (Å²) in [7, 11) is 0. The molecule has 3 saturated heterocycles. The van der Waals surface area contributed by atoms with Gasteiger partial charge in [0.1, 0.15) is 6.07 Å². The van der Waals surface area contributed by atoms with Gasteiger partial charge in [-0.1, -0.05) is 17.7 Å². The first-order valence-corrected chi connectivity index (χ1v) is 9.79. The van der Waals surface area contributed by atoms with E-state index in [1.54, 1.807) is 6.07 Å². The van der Waals surface area contributed by atoms with Gasteiger partial charge in [0.05, 0.1) is 20.2 Å². The van der Waals surface area contributed by atoms with E-state index in [0.717, 1.165) is 36.0 Å². The second-order valence-corrected chi connectivity index (χ2v) is 8.95. The van der Waals surface area contributed by atoms with Crippen LogP contribution in [0.4, 0.5) is 0 Å². The second kappa shape index (κ2) is 5.98. The Morgan fingerprint density at radius 3 is 2.76 bits per heavy atom. The van der Waals surface area contributed by atoms with Crippen molar-refractivity contribution in [3.8, 4) is 6.07 Å². The largest absolute Gasteiger partial charge is 0.346 e. The summed E-state index contributed by atoms with van der Waals surface area (Å²) in [6, 6.07) is 7.75. The Morgan fingerprint density at radius 1 is 1.40 bits per heavy atom. The molecule has 0 radical (unpaired) electrons. The van der Waals surface area contributed by atoms with Crippen LogP contribution in [0.15, 0.2) is 18.2 Å². The number of nitrogens with zero attached hydrogens (tertiary/aromatic N) is 2. The van der Waals surface area contributed by atoms with Crippen molar-refractivity contribution in [1.29, 1.82) is 5.26 Å². The van der Waals surface area contributed by atoms with Crippen molar-refractivity contribution in [3.05, 3.63) is 33.7 Å². The van der Waals surface area contributed by atoms with Gasteiger partial charge in [-0.25, -0.2) is 0 Å². The number of carbonyl (C=O) groups excluding carboxylic acids is 1. The number of benzene rings is 1. The van der Waals surface area contributed by atoms with Gasteiger partial charge in [0.15, 0.2) is 0 Å². The molecule has 1 atom stereocenters. The van der Waals surface area contributed by atoms with E-state index in [4.69, 9.17) is 11.6 Å². The van der Waals surface area contributed by atoms with Crippen LogP contribution in [-0.4, -0.2) is 35.5 Å². The van der Waals surface area contributed by atoms with E-state index in [-0.39, 0.29) is 17.5 Å². The van der Waals surface area contributed by atoms with E-state index < -0.39 is 0 Å². The Balaban J connectivity index is 1.64. The number of carbonyl (C=O) groups is 1. The van der Waals surface area contributed by atoms with E-state index in [0.29, 0.717) is 21.4 Å². The molecule has 0 saturated carbocycles. The van der Waals surface area contributed by atoms with Crippen molar-refractivity contribution < 1.29 is 4.79 Å². The minimum absolute atomic E-state index is 0.0192. The molecule has 130 valence electrons. The van der Waals surface area contributed by atoms with Gasteiger partial charge in [-0.05, 0) is 63.2 Å². The molecule has 3 aliphatic heterocycles. The SMILES string of the molecule is CC1(C)[C@H](NC(=O)c2cc3ccc(Cl)c(C#N)c3s2)C2CCN1CC2. The lowest BCUT2D eigenvalue weighted by molar-refractivity contribution is -0.0377. The Hall–Kier alpha value is -1.61. The van der Waals surface area contributed by atoms with E-state index in [1.165, 1.54) is 11.3 Å². The van der Waals surface area contributed by atoms with E-state index in [2.05, 4.69) is 30.1 Å². The molecule has 4 nitrogen and oxygen atoms in total. The highest BCUT2D eigenvalue weighted by Crippen LogP contribution is 2.39. The number of nitriles is 1. The molecular weight excluding hydrogens is 354 g/mol. The molecule has 1 aromatic carbocycles. The maximum absolute atomic E-state index is 12.9. The second-order valence-electron chi connectivity index (χ2n) is 7.49. The minimum atomic E-state index is -0.0481. The lowest BCUT2D eigenvalue weighted by Crippen LogP contribution is -2.69. The molecule has 1 amide bonds. The Labute approximate surface area is 156 Å². The number of hydrogen-bond donors (Lipinski definition) is 1. The summed E-state index contributed by atoms with van der Waals surface area (Å²) in [6.45, 7) is 6.69. The summed E-state index contributed by atoms with van der Waals surface area (Å²) in [6.07, 6.45) is 2.30. The van der Waals surface area contributed by atoms with Crippen molar-refractivity contribution in [2.75, 3.05) is 13.1 Å². The molecule has 25 heavy (non-hydrogen) atoms. The van der Waals surface area contributed by atoms with Gasteiger partial charge in [-0.15, -0.1) is 11.3 Å². The van der Waals surface area contributed by atoms with Gasteiger partial charge in [-0.2, -0.15) is 5.26 Å². The van der Waals surface area contributed by atoms with E-state index >= 15 is 0 Å². The van der Waals surface area contributed by atoms with Gasteiger partial charge in [0.25, 0.3) is 5.91 Å². The summed E-state index contributed by atoms with van der Waals surface area (Å²) in [5, 5.41) is 13.9. The molecule has 5 rings (SSSR count). The summed E-state index contributed by atoms with van der Waals surface area (Å²) >= 11 is 7.45. The standard InChI is InChI=1S/C19H20ClN3OS/c1-19(2)17(11-5-7-23(19)8-6-11)22-18(24)15-9-12-3-4-14(20)13(10-21)16(12)25-15/h3-4,9,11,17H,5-8H2,1-2H3,(H,22,24)/t17-/m1/s1. The van der Waals surface area contributed by atoms with Crippen LogP contribution in [0.25, 0.3) is 10.1 Å². The van der Waals surface area contributed by atoms with E-state index in [9.17, 15) is 10.1 Å². The maximum Gasteiger partial charge on any atom is 0.261 e. The Kier molecular flexibility index (Phi) is 4.03. The molecule has 0 unspecified atom stereocenters. The zero-order valence-corrected chi connectivity index (χ0v) is 15.9. The topological polar surface area (TPSA) is 56.1 Å². The smallest absolute Gasteiger partial charge is 0.261 e. The monoisotopic (exact) mass is 373 g/mol. The molecule has 1 N–H and O–H groups in total. The lowest BCUT2D eigenvalue weighted by Gasteiger charge is -2.56. The molecule has 4 heterocycles. The highest BCUT2D eigenvalue weighted by Gasteiger charge is 2.48. The fraction of sp³-hybridized carbons (Fsp3) is 0.474. The normalized spacial score (nSPS) is 27.2. The lowest BCUT2D eigenvalue weighted by atomic mass is 9.72. The van der Waals surface area contributed by atoms with Crippen LogP contribution in [0.3, 0.4) is 0 Å². The average molecular weight is 374 g/mol. The molecule has 2 bridgehead atoms. The number of hydrogen-bond acceptors (Lipinski definition) is 4. The summed E-state index contributed by atoms with van der Waals surface area (Å²) < 4.78 is 0.785. The number of amides is 1. The molecule has 3 fully saturated rings. The van der Waals surface area contributed by atoms with Crippen molar-refractivity contribution in [2.24, 2.45) is 5.92 Å². The predicted octanol–water partition coefficient (Wildman–Crippen LogP) is 4.03. The van der Waals surface area contributed by atoms with Gasteiger partial charge >= 0.3 is 0 Å². The van der Waals surface area contributed by atoms with Crippen LogP contribution in [0, 0.1) is 17.2 Å². The summed E-state index contributed by atoms with van der Waals surface area (Å²) in [5.74, 6) is 0.496. The molecule has 2 aromatic rings. The number of thiophene rings is 1. The van der Waals surface area contributed by atoms with Crippen molar-refractivity contribution in [3.63, 3.8) is 0 Å². The predicted molar refractivity (Wildman–Crippen MR) is 101 cm³/mol. The highest BCUT2D eigenvalue weighted by molar-refractivity contribution is 7.21. The van der Waals surface area contributed by atoms with Crippen molar-refractivity contribution in [1.82, 2.24) is 10.2 Å². The van der Waals surface area contributed by atoms with Crippen molar-refractivity contribution >= 4 is 38.9 Å². The first-order chi connectivity index (χ1) is 11.9. The molecule has 3 aliphatic rings. The summed E-state index contributed by atoms with van der Waals surface area (Å²) in [4.78, 5) is 16.0. The van der Waals surface area contributed by atoms with Crippen LogP contribution in [-0.2, 0) is 0 Å². The van der Waals surface area contributed by atoms with Crippen LogP contribution >= 0.6 is 22.9 Å². The number of nitrogens with one attached hydrogen (secondary N) is 1. The Bertz CT molecular complexity index is 890. The molecule has 6 heteroatoms. The van der Waals surface area contributed by atoms with Crippen LogP contribution < -0.4 is 5.32 Å². The van der Waals surface area contributed by atoms with Gasteiger partial charge < -0.3 is 5.32 Å². The zero-order chi connectivity index (χ0) is 17.8. The fourth-order valence-electron chi connectivity index (χ4n) is 4.38. The number of piperidine rings is 3. The van der Waals surface area contributed by atoms with Gasteiger partial charge in [-0.3, -0.25) is 9.69 Å². The molecule has 0 spiro atoms. The first-order valence-electron chi connectivity index (χ1n) is 8.60. The average Bonchev–Trinajstić information content (AvgIpc) is 3.02. The number of halogens is 1. The number of rotatable bonds is 2. The third-order valence-corrected chi connectivity index (χ3v) is 7.33. The third kappa shape index (κ3) is 2.64. The van der Waals surface area contributed by atoms with E-state index in [1.807, 2.05) is 12.1 Å². The zero-order valence-electron chi connectivity index (χ0n) is 14.3. The Morgan fingerprint density at radius 2 is 2.12 bits per heavy atom.